The summed E-state index contributed by atoms with van der Waals surface area (Å²) in [5.41, 5.74) is 4.34. The zero-order valence-corrected chi connectivity index (χ0v) is 26.7. The zero-order valence-electron chi connectivity index (χ0n) is 24.9. The van der Waals surface area contributed by atoms with E-state index in [4.69, 9.17) is 5.73 Å². The van der Waals surface area contributed by atoms with Crippen LogP contribution in [0, 0.1) is 41.3 Å². The van der Waals surface area contributed by atoms with E-state index in [2.05, 4.69) is 12.6 Å². The fourth-order valence-electron chi connectivity index (χ4n) is 7.60. The highest BCUT2D eigenvalue weighted by Crippen LogP contribution is 2.59. The molecule has 0 aliphatic heterocycles. The van der Waals surface area contributed by atoms with Gasteiger partial charge in [0.25, 0.3) is 0 Å². The maximum absolute atomic E-state index is 16.0. The van der Waals surface area contributed by atoms with Crippen LogP contribution in [0.5, 0.6) is 0 Å². The minimum Gasteiger partial charge on any atom is -0.369 e. The molecule has 0 spiro atoms. The number of fused-ring (bicyclic) bond motifs is 3. The van der Waals surface area contributed by atoms with E-state index in [1.165, 1.54) is 13.0 Å². The van der Waals surface area contributed by atoms with Gasteiger partial charge in [-0.25, -0.2) is 4.39 Å². The van der Waals surface area contributed by atoms with Gasteiger partial charge in [-0.2, -0.15) is 0 Å². The van der Waals surface area contributed by atoms with Gasteiger partial charge in [0.1, 0.15) is 20.9 Å². The van der Waals surface area contributed by atoms with Gasteiger partial charge in [-0.1, -0.05) is 6.92 Å². The number of likely N-dealkylation sites (N-methyl/N-ethyl adjacent to an activating group) is 1. The third-order valence-corrected chi connectivity index (χ3v) is 11.0. The van der Waals surface area contributed by atoms with E-state index in [1.54, 1.807) is 32.8 Å². The van der Waals surface area contributed by atoms with E-state index in [0.717, 1.165) is 0 Å². The second-order valence-corrected chi connectivity index (χ2v) is 16.9. The molecule has 1 aromatic carbocycles. The Labute approximate surface area is 243 Å². The molecule has 220 valence electrons. The maximum Gasteiger partial charge on any atom is 0.235 e. The molecule has 1 amide bonds. The number of hydrogen-bond donors (Lipinski definition) is 1. The molecule has 2 saturated carbocycles. The fourth-order valence-corrected chi connectivity index (χ4v) is 9.43. The van der Waals surface area contributed by atoms with Crippen molar-refractivity contribution in [1.82, 2.24) is 4.90 Å². The number of anilines is 1. The van der Waals surface area contributed by atoms with Gasteiger partial charge in [0.05, 0.1) is 49.0 Å². The number of rotatable bonds is 7. The Balaban J connectivity index is 1.91. The van der Waals surface area contributed by atoms with Crippen molar-refractivity contribution in [2.45, 2.75) is 39.7 Å². The summed E-state index contributed by atoms with van der Waals surface area (Å²) in [6.07, 6.45) is 9.77. The predicted octanol–water partition coefficient (Wildman–Crippen LogP) is 3.08. The van der Waals surface area contributed by atoms with Crippen LogP contribution in [0.3, 0.4) is 0 Å². The molecule has 1 aromatic rings. The number of carbonyl (C=O) groups is 5. The van der Waals surface area contributed by atoms with Gasteiger partial charge in [0.2, 0.25) is 5.91 Å². The van der Waals surface area contributed by atoms with Crippen LogP contribution >= 0.6 is 15.1 Å². The lowest BCUT2D eigenvalue weighted by Crippen LogP contribution is -2.70. The molecule has 8 nitrogen and oxygen atoms in total. The lowest BCUT2D eigenvalue weighted by Gasteiger charge is -2.57. The van der Waals surface area contributed by atoms with E-state index in [9.17, 15) is 24.0 Å². The van der Waals surface area contributed by atoms with Crippen LogP contribution in [0.15, 0.2) is 6.07 Å². The molecule has 2 fully saturated rings. The topological polar surface area (TPSA) is 118 Å². The van der Waals surface area contributed by atoms with Crippen molar-refractivity contribution in [3.63, 3.8) is 0 Å². The summed E-state index contributed by atoms with van der Waals surface area (Å²) < 4.78 is 16.0. The highest BCUT2D eigenvalue weighted by Gasteiger charge is 2.70. The summed E-state index contributed by atoms with van der Waals surface area (Å²) in [5, 5.41) is 0. The van der Waals surface area contributed by atoms with Crippen LogP contribution in [-0.4, -0.2) is 92.6 Å². The van der Waals surface area contributed by atoms with Gasteiger partial charge in [0, 0.05) is 11.5 Å². The molecule has 8 unspecified atom stereocenters. The third kappa shape index (κ3) is 4.74. The van der Waals surface area contributed by atoms with E-state index < -0.39 is 84.6 Å². The van der Waals surface area contributed by atoms with Gasteiger partial charge in [-0.3, -0.25) is 33.8 Å². The monoisotopic (exact) mass is 603 g/mol. The lowest BCUT2D eigenvalue weighted by atomic mass is 9.44. The SMILES string of the molecule is C=[P+](C)CN(C[P+](=C)C)c1cc(F)c2c(c1C)C(=O)C1C(=O)C3(C)C(=O)C(C(N)=O)C(=O)C(N(C)C)C3CC1(C)C2. The first-order valence-electron chi connectivity index (χ1n) is 13.6. The summed E-state index contributed by atoms with van der Waals surface area (Å²) in [5.74, 6) is -8.00. The largest absolute Gasteiger partial charge is 0.369 e. The highest BCUT2D eigenvalue weighted by molar-refractivity contribution is 7.56. The van der Waals surface area contributed by atoms with Crippen LogP contribution in [0.1, 0.15) is 41.8 Å². The molecule has 0 radical (unpaired) electrons. The summed E-state index contributed by atoms with van der Waals surface area (Å²) in [4.78, 5) is 71.9. The van der Waals surface area contributed by atoms with Crippen LogP contribution in [0.2, 0.25) is 0 Å². The van der Waals surface area contributed by atoms with E-state index >= 15 is 4.39 Å². The number of benzene rings is 1. The Kier molecular flexibility index (Phi) is 8.10. The van der Waals surface area contributed by atoms with Crippen molar-refractivity contribution in [2.24, 2.45) is 34.3 Å². The molecule has 3 aliphatic carbocycles. The number of halogens is 1. The summed E-state index contributed by atoms with van der Waals surface area (Å²) in [7, 11) is 2.06. The van der Waals surface area contributed by atoms with Gasteiger partial charge >= 0.3 is 0 Å². The molecular formula is C30H40FN3O5P2+2. The summed E-state index contributed by atoms with van der Waals surface area (Å²) in [6.45, 7) is 9.04. The first-order valence-corrected chi connectivity index (χ1v) is 17.9. The maximum atomic E-state index is 16.0. The van der Waals surface area contributed by atoms with Gasteiger partial charge in [-0.05, 0) is 63.4 Å². The van der Waals surface area contributed by atoms with Crippen molar-refractivity contribution in [3.8, 4) is 0 Å². The molecule has 4 rings (SSSR count). The van der Waals surface area contributed by atoms with Crippen molar-refractivity contribution in [1.29, 1.82) is 0 Å². The number of ketones is 4. The molecule has 41 heavy (non-hydrogen) atoms. The molecular weight excluding hydrogens is 563 g/mol. The molecule has 0 saturated heterocycles. The highest BCUT2D eigenvalue weighted by atomic mass is 31.1. The van der Waals surface area contributed by atoms with E-state index in [1.807, 2.05) is 18.2 Å². The Hall–Kier alpha value is -2.60. The van der Waals surface area contributed by atoms with Crippen LogP contribution < -0.4 is 10.6 Å². The van der Waals surface area contributed by atoms with Crippen molar-refractivity contribution < 1.29 is 28.4 Å². The fraction of sp³-hybridized carbons (Fsp3) is 0.567. The molecule has 0 heterocycles. The van der Waals surface area contributed by atoms with Crippen LogP contribution in [0.4, 0.5) is 10.1 Å². The van der Waals surface area contributed by atoms with E-state index in [-0.39, 0.29) is 24.0 Å². The van der Waals surface area contributed by atoms with Gasteiger partial charge in [-0.15, -0.1) is 0 Å². The quantitative estimate of drug-likeness (QED) is 0.376. The Morgan fingerprint density at radius 2 is 1.66 bits per heavy atom. The standard InChI is InChI=1S/C30H39FN3O5P2/c1-15-19(34(13-40(6)7)14-41(8)9)10-18(31)16-11-29(2)12-17-23(33(4)5)25(36)21(28(32)39)26(37)30(17,3)27(38)22(29)24(35)20(15)16/h10,17,21-23H,6,8,11-14H2,1-5,7,9H3,(H-,32,39)/q+1/p+1. The van der Waals surface area contributed by atoms with Gasteiger partial charge < -0.3 is 5.73 Å². The smallest absolute Gasteiger partial charge is 0.235 e. The lowest BCUT2D eigenvalue weighted by molar-refractivity contribution is -0.170. The minimum atomic E-state index is -1.77. The second-order valence-electron chi connectivity index (χ2n) is 12.9. The van der Waals surface area contributed by atoms with Crippen molar-refractivity contribution >= 4 is 62.4 Å². The number of nitrogens with two attached hydrogens (primary N) is 1. The first kappa shape index (κ1) is 31.3. The van der Waals surface area contributed by atoms with Crippen LogP contribution in [0.25, 0.3) is 0 Å². The summed E-state index contributed by atoms with van der Waals surface area (Å²) in [6, 6.07) is 0.541. The normalized spacial score (nSPS) is 31.8. The minimum absolute atomic E-state index is 0.109. The molecule has 11 heteroatoms. The van der Waals surface area contributed by atoms with E-state index in [0.29, 0.717) is 23.8 Å². The average Bonchev–Trinajstić information content (AvgIpc) is 2.82. The summed E-state index contributed by atoms with van der Waals surface area (Å²) >= 11 is 0. The Morgan fingerprint density at radius 1 is 1.10 bits per heavy atom. The third-order valence-electron chi connectivity index (χ3n) is 9.34. The predicted molar refractivity (Wildman–Crippen MR) is 164 cm³/mol. The molecule has 0 bridgehead atoms. The number of amides is 1. The zero-order chi connectivity index (χ0) is 30.9. The Morgan fingerprint density at radius 3 is 2.15 bits per heavy atom. The van der Waals surface area contributed by atoms with Crippen molar-refractivity contribution in [3.05, 3.63) is 28.6 Å². The van der Waals surface area contributed by atoms with Crippen LogP contribution in [-0.2, 0) is 25.6 Å². The number of primary amides is 1. The molecule has 8 atom stereocenters. The number of Topliss-reactive ketones (excluding diaryl/α,β-unsaturated/α-hetero) is 4. The molecule has 2 N–H and O–H groups in total. The number of hydrogen-bond acceptors (Lipinski definition) is 7. The van der Waals surface area contributed by atoms with Crippen molar-refractivity contribution in [2.75, 3.05) is 44.9 Å². The Bertz CT molecular complexity index is 1430. The molecule has 3 aliphatic rings. The number of nitrogens with zero attached hydrogens (tertiary/aromatic N) is 2. The second kappa shape index (κ2) is 10.6. The number of carbonyl (C=O) groups excluding carboxylic acids is 5. The average molecular weight is 604 g/mol. The van der Waals surface area contributed by atoms with Gasteiger partial charge in [0.15, 0.2) is 41.6 Å². The first-order chi connectivity index (χ1) is 18.9. The molecule has 0 aromatic heterocycles.